The lowest BCUT2D eigenvalue weighted by Crippen LogP contribution is -2.38. The average Bonchev–Trinajstić information content (AvgIpc) is 2.24. The normalized spacial score (nSPS) is 15.4. The summed E-state index contributed by atoms with van der Waals surface area (Å²) >= 11 is 0. The lowest BCUT2D eigenvalue weighted by molar-refractivity contribution is -0.138. The van der Waals surface area contributed by atoms with E-state index in [2.05, 4.69) is 0 Å². The molecule has 1 aromatic carbocycles. The van der Waals surface area contributed by atoms with E-state index in [0.29, 0.717) is 6.07 Å². The molecule has 0 heterocycles. The van der Waals surface area contributed by atoms with Crippen LogP contribution in [0.25, 0.3) is 0 Å². The molecule has 0 saturated carbocycles. The highest BCUT2D eigenvalue weighted by atomic mass is 35.5. The Hall–Kier alpha value is -0.850. The van der Waals surface area contributed by atoms with Crippen LogP contribution in [0.5, 0.6) is 0 Å². The Morgan fingerprint density at radius 3 is 2.05 bits per heavy atom. The van der Waals surface area contributed by atoms with Gasteiger partial charge in [0.1, 0.15) is 5.82 Å². The van der Waals surface area contributed by atoms with Gasteiger partial charge in [0.15, 0.2) is 0 Å². The maximum Gasteiger partial charge on any atom is 0.416 e. The molecule has 0 aliphatic heterocycles. The third kappa shape index (κ3) is 4.33. The number of benzene rings is 1. The van der Waals surface area contributed by atoms with Gasteiger partial charge in [0, 0.05) is 0 Å². The van der Waals surface area contributed by atoms with Gasteiger partial charge >= 0.3 is 6.18 Å². The van der Waals surface area contributed by atoms with Crippen LogP contribution in [0.15, 0.2) is 18.2 Å². The topological polar surface area (TPSA) is 46.2 Å². The summed E-state index contributed by atoms with van der Waals surface area (Å²) in [6.07, 6.45) is -5.87. The Kier molecular flexibility index (Phi) is 6.02. The number of aliphatic hydroxyl groups is 1. The van der Waals surface area contributed by atoms with Crippen LogP contribution >= 0.6 is 12.4 Å². The molecule has 7 heteroatoms. The highest BCUT2D eigenvalue weighted by Crippen LogP contribution is 2.37. The van der Waals surface area contributed by atoms with Gasteiger partial charge < -0.3 is 10.8 Å². The van der Waals surface area contributed by atoms with E-state index in [9.17, 15) is 22.7 Å². The fourth-order valence-electron chi connectivity index (χ4n) is 1.78. The van der Waals surface area contributed by atoms with E-state index in [1.165, 1.54) is 0 Å². The second-order valence-electron chi connectivity index (χ2n) is 5.57. The molecule has 3 N–H and O–H groups in total. The highest BCUT2D eigenvalue weighted by molar-refractivity contribution is 5.85. The summed E-state index contributed by atoms with van der Waals surface area (Å²) in [5.41, 5.74) is 3.50. The zero-order valence-electron chi connectivity index (χ0n) is 11.3. The van der Waals surface area contributed by atoms with Crippen LogP contribution in [0, 0.1) is 11.2 Å². The van der Waals surface area contributed by atoms with E-state index in [-0.39, 0.29) is 12.4 Å². The Labute approximate surface area is 121 Å². The smallest absolute Gasteiger partial charge is 0.391 e. The second-order valence-corrected chi connectivity index (χ2v) is 5.57. The Balaban J connectivity index is 0.00000361. The molecule has 0 radical (unpaired) electrons. The van der Waals surface area contributed by atoms with Gasteiger partial charge in [-0.15, -0.1) is 12.4 Å². The van der Waals surface area contributed by atoms with Crippen LogP contribution < -0.4 is 5.73 Å². The van der Waals surface area contributed by atoms with E-state index < -0.39 is 40.7 Å². The van der Waals surface area contributed by atoms with E-state index in [0.717, 1.165) is 12.1 Å². The molecule has 1 aromatic rings. The molecule has 0 aliphatic carbocycles. The SMILES string of the molecule is CC(C)(C)[C@@H](O)[C@@H](N)c1cc(F)ccc1C(F)(F)F.Cl. The predicted molar refractivity (Wildman–Crippen MR) is 71.0 cm³/mol. The molecule has 0 fully saturated rings. The van der Waals surface area contributed by atoms with Crippen molar-refractivity contribution >= 4 is 12.4 Å². The van der Waals surface area contributed by atoms with Crippen molar-refractivity contribution in [1.82, 2.24) is 0 Å². The number of nitrogens with two attached hydrogens (primary N) is 1. The molecule has 0 aliphatic rings. The summed E-state index contributed by atoms with van der Waals surface area (Å²) in [4.78, 5) is 0. The number of hydrogen-bond donors (Lipinski definition) is 2. The summed E-state index contributed by atoms with van der Waals surface area (Å²) in [5.74, 6) is -0.820. The zero-order chi connectivity index (χ0) is 15.0. The van der Waals surface area contributed by atoms with Crippen molar-refractivity contribution in [2.45, 2.75) is 39.1 Å². The number of hydrogen-bond acceptors (Lipinski definition) is 2. The van der Waals surface area contributed by atoms with Crippen LogP contribution in [0.2, 0.25) is 0 Å². The minimum atomic E-state index is -4.64. The zero-order valence-corrected chi connectivity index (χ0v) is 12.1. The summed E-state index contributed by atoms with van der Waals surface area (Å²) in [6, 6.07) is 0.776. The third-order valence-electron chi connectivity index (χ3n) is 2.91. The summed E-state index contributed by atoms with van der Waals surface area (Å²) in [5, 5.41) is 9.97. The fraction of sp³-hybridized carbons (Fsp3) is 0.538. The molecule has 0 amide bonds. The second kappa shape index (κ2) is 6.28. The Morgan fingerprint density at radius 1 is 1.15 bits per heavy atom. The largest absolute Gasteiger partial charge is 0.416 e. The minimum Gasteiger partial charge on any atom is -0.391 e. The van der Waals surface area contributed by atoms with Gasteiger partial charge in [-0.2, -0.15) is 13.2 Å². The standard InChI is InChI=1S/C13H17F4NO.ClH/c1-12(2,3)11(19)10(18)8-6-7(14)4-5-9(8)13(15,16)17;/h4-6,10-11,19H,18H2,1-3H3;1H/t10-,11-;/m0./s1. The van der Waals surface area contributed by atoms with Crippen LogP contribution in [0.4, 0.5) is 17.6 Å². The molecule has 1 rings (SSSR count). The van der Waals surface area contributed by atoms with Gasteiger partial charge in [-0.3, -0.25) is 0 Å². The minimum absolute atomic E-state index is 0. The molecule has 2 atom stereocenters. The van der Waals surface area contributed by atoms with Crippen LogP contribution in [0.3, 0.4) is 0 Å². The lowest BCUT2D eigenvalue weighted by atomic mass is 9.81. The first-order valence-electron chi connectivity index (χ1n) is 5.75. The third-order valence-corrected chi connectivity index (χ3v) is 2.91. The van der Waals surface area contributed by atoms with Gasteiger partial charge in [-0.05, 0) is 29.2 Å². The van der Waals surface area contributed by atoms with Gasteiger partial charge in [-0.1, -0.05) is 20.8 Å². The molecule has 2 nitrogen and oxygen atoms in total. The van der Waals surface area contributed by atoms with Crippen molar-refractivity contribution in [2.24, 2.45) is 11.1 Å². The highest BCUT2D eigenvalue weighted by Gasteiger charge is 2.38. The van der Waals surface area contributed by atoms with E-state index in [4.69, 9.17) is 5.73 Å². The van der Waals surface area contributed by atoms with Crippen molar-refractivity contribution in [3.8, 4) is 0 Å². The number of alkyl halides is 3. The molecule has 0 unspecified atom stereocenters. The molecular weight excluding hydrogens is 298 g/mol. The summed E-state index contributed by atoms with van der Waals surface area (Å²) < 4.78 is 51.7. The number of halogens is 5. The number of rotatable bonds is 2. The molecule has 0 bridgehead atoms. The summed E-state index contributed by atoms with van der Waals surface area (Å²) in [7, 11) is 0. The maximum atomic E-state index is 13.2. The summed E-state index contributed by atoms with van der Waals surface area (Å²) in [6.45, 7) is 4.93. The molecule has 20 heavy (non-hydrogen) atoms. The van der Waals surface area contributed by atoms with Gasteiger partial charge in [0.2, 0.25) is 0 Å². The molecule has 116 valence electrons. The van der Waals surface area contributed by atoms with E-state index >= 15 is 0 Å². The van der Waals surface area contributed by atoms with Crippen molar-refractivity contribution in [2.75, 3.05) is 0 Å². The number of aliphatic hydroxyl groups excluding tert-OH is 1. The van der Waals surface area contributed by atoms with Gasteiger partial charge in [0.05, 0.1) is 17.7 Å². The Bertz CT molecular complexity index is 457. The maximum absolute atomic E-state index is 13.2. The fourth-order valence-corrected chi connectivity index (χ4v) is 1.78. The van der Waals surface area contributed by atoms with Crippen molar-refractivity contribution < 1.29 is 22.7 Å². The van der Waals surface area contributed by atoms with Crippen molar-refractivity contribution in [3.05, 3.63) is 35.1 Å². The van der Waals surface area contributed by atoms with Gasteiger partial charge in [0.25, 0.3) is 0 Å². The van der Waals surface area contributed by atoms with E-state index in [1.54, 1.807) is 20.8 Å². The molecule has 0 saturated heterocycles. The van der Waals surface area contributed by atoms with Crippen LogP contribution in [0.1, 0.15) is 37.9 Å². The lowest BCUT2D eigenvalue weighted by Gasteiger charge is -2.32. The first-order chi connectivity index (χ1) is 8.44. The first kappa shape index (κ1) is 19.1. The first-order valence-corrected chi connectivity index (χ1v) is 5.75. The predicted octanol–water partition coefficient (Wildman–Crippen LogP) is 3.67. The molecular formula is C13H18ClF4NO. The van der Waals surface area contributed by atoms with E-state index in [1.807, 2.05) is 0 Å². The molecule has 0 spiro atoms. The van der Waals surface area contributed by atoms with Crippen molar-refractivity contribution in [3.63, 3.8) is 0 Å². The van der Waals surface area contributed by atoms with Crippen LogP contribution in [-0.4, -0.2) is 11.2 Å². The Morgan fingerprint density at radius 2 is 1.65 bits per heavy atom. The monoisotopic (exact) mass is 315 g/mol. The van der Waals surface area contributed by atoms with Crippen LogP contribution in [-0.2, 0) is 6.18 Å². The average molecular weight is 316 g/mol. The van der Waals surface area contributed by atoms with Gasteiger partial charge in [-0.25, -0.2) is 4.39 Å². The molecule has 0 aromatic heterocycles. The quantitative estimate of drug-likeness (QED) is 0.818. The van der Waals surface area contributed by atoms with Crippen molar-refractivity contribution in [1.29, 1.82) is 0 Å².